The van der Waals surface area contributed by atoms with Gasteiger partial charge >= 0.3 is 0 Å². The lowest BCUT2D eigenvalue weighted by molar-refractivity contribution is -0.385. The first-order chi connectivity index (χ1) is 14.3. The molecule has 0 fully saturated rings. The van der Waals surface area contributed by atoms with Gasteiger partial charge in [0.25, 0.3) is 5.69 Å². The first-order valence-corrected chi connectivity index (χ1v) is 10.1. The third-order valence-electron chi connectivity index (χ3n) is 4.77. The van der Waals surface area contributed by atoms with Crippen molar-refractivity contribution in [3.05, 3.63) is 97.5 Å². The van der Waals surface area contributed by atoms with E-state index in [0.29, 0.717) is 27.6 Å². The monoisotopic (exact) mass is 423 g/mol. The zero-order valence-corrected chi connectivity index (χ0v) is 17.1. The summed E-state index contributed by atoms with van der Waals surface area (Å²) < 4.78 is 13.1. The molecule has 6 nitrogen and oxygen atoms in total. The van der Waals surface area contributed by atoms with E-state index >= 15 is 0 Å². The third kappa shape index (κ3) is 4.26. The fourth-order valence-electron chi connectivity index (χ4n) is 3.44. The van der Waals surface area contributed by atoms with Crippen LogP contribution in [0.2, 0.25) is 0 Å². The summed E-state index contributed by atoms with van der Waals surface area (Å²) in [5, 5.41) is 25.2. The molecule has 0 unspecified atom stereocenters. The van der Waals surface area contributed by atoms with Gasteiger partial charge in [-0.25, -0.2) is 4.39 Å². The molecule has 30 heavy (non-hydrogen) atoms. The molecule has 0 saturated carbocycles. The second-order valence-corrected chi connectivity index (χ2v) is 7.72. The number of thioether (sulfide) groups is 1. The van der Waals surface area contributed by atoms with Crippen LogP contribution in [0.4, 0.5) is 10.1 Å². The van der Waals surface area contributed by atoms with Gasteiger partial charge in [0.1, 0.15) is 5.82 Å². The number of dihydropyridines is 1. The highest BCUT2D eigenvalue weighted by atomic mass is 32.2. The SMILES string of the molecule is CC(=O)C1=C(C)NC(SCc2ccc(F)cc2)=C(C#N)[C@H]1c1ccccc1[N+](=O)[O-]. The highest BCUT2D eigenvalue weighted by Gasteiger charge is 2.36. The van der Waals surface area contributed by atoms with Gasteiger partial charge in [-0.3, -0.25) is 14.9 Å². The number of hydrogen-bond donors (Lipinski definition) is 1. The zero-order chi connectivity index (χ0) is 21.8. The van der Waals surface area contributed by atoms with E-state index < -0.39 is 10.8 Å². The Hall–Kier alpha value is -3.44. The lowest BCUT2D eigenvalue weighted by atomic mass is 9.80. The second kappa shape index (κ2) is 8.93. The standard InChI is InChI=1S/C22H18FN3O3S/c1-13-20(14(2)27)21(17-5-3-4-6-19(17)26(28)29)18(11-24)22(25-13)30-12-15-7-9-16(23)10-8-15/h3-10,21,25H,12H2,1-2H3/t21-/m1/s1. The Morgan fingerprint density at radius 2 is 1.93 bits per heavy atom. The summed E-state index contributed by atoms with van der Waals surface area (Å²) in [7, 11) is 0. The van der Waals surface area contributed by atoms with Gasteiger partial charge in [-0.2, -0.15) is 5.26 Å². The minimum absolute atomic E-state index is 0.147. The normalized spacial score (nSPS) is 16.1. The van der Waals surface area contributed by atoms with Crippen molar-refractivity contribution >= 4 is 23.2 Å². The van der Waals surface area contributed by atoms with Crippen LogP contribution in [0.3, 0.4) is 0 Å². The van der Waals surface area contributed by atoms with Crippen molar-refractivity contribution in [1.29, 1.82) is 5.26 Å². The van der Waals surface area contributed by atoms with Crippen molar-refractivity contribution in [2.45, 2.75) is 25.5 Å². The molecular weight excluding hydrogens is 405 g/mol. The number of hydrogen-bond acceptors (Lipinski definition) is 6. The van der Waals surface area contributed by atoms with Gasteiger partial charge in [-0.15, -0.1) is 11.8 Å². The molecule has 1 aliphatic rings. The quantitative estimate of drug-likeness (QED) is 0.522. The molecule has 0 aromatic heterocycles. The Morgan fingerprint density at radius 3 is 2.53 bits per heavy atom. The van der Waals surface area contributed by atoms with Gasteiger partial charge in [0.15, 0.2) is 5.78 Å². The molecule has 0 amide bonds. The first-order valence-electron chi connectivity index (χ1n) is 9.07. The predicted molar refractivity (Wildman–Crippen MR) is 113 cm³/mol. The van der Waals surface area contributed by atoms with Crippen molar-refractivity contribution in [3.8, 4) is 6.07 Å². The highest BCUT2D eigenvalue weighted by molar-refractivity contribution is 8.02. The summed E-state index contributed by atoms with van der Waals surface area (Å²) in [5.74, 6) is -0.984. The van der Waals surface area contributed by atoms with Gasteiger partial charge in [0.2, 0.25) is 0 Å². The summed E-state index contributed by atoms with van der Waals surface area (Å²) in [6.07, 6.45) is 0. The second-order valence-electron chi connectivity index (χ2n) is 6.74. The van der Waals surface area contributed by atoms with Crippen molar-refractivity contribution in [3.63, 3.8) is 0 Å². The van der Waals surface area contributed by atoms with Crippen molar-refractivity contribution < 1.29 is 14.1 Å². The Bertz CT molecular complexity index is 1120. The number of carbonyl (C=O) groups is 1. The number of benzene rings is 2. The molecule has 0 radical (unpaired) electrons. The van der Waals surface area contributed by atoms with Crippen molar-refractivity contribution in [1.82, 2.24) is 5.32 Å². The average Bonchev–Trinajstić information content (AvgIpc) is 2.72. The molecule has 1 heterocycles. The fourth-order valence-corrected chi connectivity index (χ4v) is 4.49. The molecule has 8 heteroatoms. The maximum atomic E-state index is 13.1. The molecule has 1 aliphatic heterocycles. The summed E-state index contributed by atoms with van der Waals surface area (Å²) in [6, 6.07) is 14.3. The lowest BCUT2D eigenvalue weighted by Gasteiger charge is -2.29. The lowest BCUT2D eigenvalue weighted by Crippen LogP contribution is -2.27. The van der Waals surface area contributed by atoms with Crippen molar-refractivity contribution in [2.24, 2.45) is 0 Å². The van der Waals surface area contributed by atoms with Gasteiger partial charge in [-0.05, 0) is 31.5 Å². The molecule has 2 aromatic rings. The summed E-state index contributed by atoms with van der Waals surface area (Å²) >= 11 is 1.33. The van der Waals surface area contributed by atoms with Gasteiger partial charge in [0.05, 0.1) is 27.5 Å². The molecule has 0 spiro atoms. The topological polar surface area (TPSA) is 96.0 Å². The molecule has 1 N–H and O–H groups in total. The molecule has 0 bridgehead atoms. The maximum absolute atomic E-state index is 13.1. The molecule has 1 atom stereocenters. The number of halogens is 1. The van der Waals surface area contributed by atoms with Crippen LogP contribution in [0.15, 0.2) is 70.4 Å². The Balaban J connectivity index is 2.08. The van der Waals surface area contributed by atoms with Crippen LogP contribution in [-0.2, 0) is 10.5 Å². The molecule has 2 aromatic carbocycles. The van der Waals surface area contributed by atoms with Crippen molar-refractivity contribution in [2.75, 3.05) is 0 Å². The maximum Gasteiger partial charge on any atom is 0.273 e. The largest absolute Gasteiger partial charge is 0.353 e. The minimum atomic E-state index is -0.842. The number of allylic oxidation sites excluding steroid dienone is 3. The van der Waals surface area contributed by atoms with Crippen LogP contribution in [0.5, 0.6) is 0 Å². The Labute approximate surface area is 177 Å². The number of rotatable bonds is 6. The molecule has 0 aliphatic carbocycles. The zero-order valence-electron chi connectivity index (χ0n) is 16.3. The molecule has 3 rings (SSSR count). The van der Waals surface area contributed by atoms with Gasteiger partial charge in [0, 0.05) is 28.7 Å². The third-order valence-corrected chi connectivity index (χ3v) is 5.86. The number of nitrogens with one attached hydrogen (secondary N) is 1. The summed E-state index contributed by atoms with van der Waals surface area (Å²) in [6.45, 7) is 3.10. The van der Waals surface area contributed by atoms with E-state index in [4.69, 9.17) is 0 Å². The number of nitro benzene ring substituents is 1. The Kier molecular flexibility index (Phi) is 6.33. The number of Topliss-reactive ketones (excluding diaryl/α,β-unsaturated/α-hetero) is 1. The van der Waals surface area contributed by atoms with Crippen LogP contribution in [-0.4, -0.2) is 10.7 Å². The van der Waals surface area contributed by atoms with Crippen LogP contribution in [0.1, 0.15) is 30.9 Å². The van der Waals surface area contributed by atoms with Crippen LogP contribution >= 0.6 is 11.8 Å². The van der Waals surface area contributed by atoms with E-state index in [1.54, 1.807) is 37.3 Å². The van der Waals surface area contributed by atoms with E-state index in [0.717, 1.165) is 5.56 Å². The fraction of sp³-hybridized carbons (Fsp3) is 0.182. The highest BCUT2D eigenvalue weighted by Crippen LogP contribution is 2.44. The van der Waals surface area contributed by atoms with E-state index in [1.165, 1.54) is 36.9 Å². The number of ketones is 1. The molecule has 152 valence electrons. The van der Waals surface area contributed by atoms with Crippen LogP contribution in [0, 0.1) is 27.3 Å². The number of nitriles is 1. The summed E-state index contributed by atoms with van der Waals surface area (Å²) in [4.78, 5) is 23.5. The smallest absolute Gasteiger partial charge is 0.273 e. The van der Waals surface area contributed by atoms with E-state index in [9.17, 15) is 24.6 Å². The minimum Gasteiger partial charge on any atom is -0.353 e. The number of carbonyl (C=O) groups excluding carboxylic acids is 1. The van der Waals surface area contributed by atoms with Crippen LogP contribution in [0.25, 0.3) is 0 Å². The van der Waals surface area contributed by atoms with E-state index in [1.807, 2.05) is 0 Å². The average molecular weight is 423 g/mol. The first kappa shape index (κ1) is 21.3. The molecular formula is C22H18FN3O3S. The van der Waals surface area contributed by atoms with Gasteiger partial charge in [-0.1, -0.05) is 30.3 Å². The van der Waals surface area contributed by atoms with E-state index in [2.05, 4.69) is 11.4 Å². The Morgan fingerprint density at radius 1 is 1.27 bits per heavy atom. The van der Waals surface area contributed by atoms with Gasteiger partial charge < -0.3 is 5.32 Å². The number of nitrogens with zero attached hydrogens (tertiary/aromatic N) is 2. The van der Waals surface area contributed by atoms with Crippen LogP contribution < -0.4 is 5.32 Å². The van der Waals surface area contributed by atoms with E-state index in [-0.39, 0.29) is 22.9 Å². The number of para-hydroxylation sites is 1. The molecule has 0 saturated heterocycles. The predicted octanol–water partition coefficient (Wildman–Crippen LogP) is 4.95. The number of nitro groups is 1. The summed E-state index contributed by atoms with van der Waals surface area (Å²) in [5.41, 5.74) is 2.12.